The Hall–Kier alpha value is -2.45. The molecule has 0 saturated heterocycles. The van der Waals surface area contributed by atoms with Crippen molar-refractivity contribution in [3.63, 3.8) is 0 Å². The van der Waals surface area contributed by atoms with E-state index in [0.717, 1.165) is 23.9 Å². The van der Waals surface area contributed by atoms with E-state index in [4.69, 9.17) is 16.3 Å². The van der Waals surface area contributed by atoms with Gasteiger partial charge in [-0.2, -0.15) is 0 Å². The molecule has 5 nitrogen and oxygen atoms in total. The van der Waals surface area contributed by atoms with E-state index in [1.165, 1.54) is 5.56 Å². The summed E-state index contributed by atoms with van der Waals surface area (Å²) in [5.74, 6) is 2.90. The fourth-order valence-corrected chi connectivity index (χ4v) is 1.82. The predicted octanol–water partition coefficient (Wildman–Crippen LogP) is -1.02. The summed E-state index contributed by atoms with van der Waals surface area (Å²) >= 11 is 0. The molecule has 5 heteroatoms. The van der Waals surface area contributed by atoms with Crippen LogP contribution in [0.1, 0.15) is 5.56 Å². The Bertz CT molecular complexity index is 570. The summed E-state index contributed by atoms with van der Waals surface area (Å²) in [6.07, 6.45) is 8.12. The van der Waals surface area contributed by atoms with Gasteiger partial charge in [0.1, 0.15) is 12.3 Å². The van der Waals surface area contributed by atoms with E-state index in [2.05, 4.69) is 16.2 Å². The fraction of sp³-hybridized carbons (Fsp3) is 0.214. The minimum atomic E-state index is -0.500. The third kappa shape index (κ3) is 4.37. The smallest absolute Gasteiger partial charge is 0.137 e. The third-order valence-electron chi connectivity index (χ3n) is 2.63. The zero-order valence-corrected chi connectivity index (χ0v) is 10.4. The highest BCUT2D eigenvalue weighted by Crippen LogP contribution is 2.22. The number of hydrogen-bond donors (Lipinski definition) is 3. The molecule has 0 amide bonds. The first-order valence-electron chi connectivity index (χ1n) is 5.82. The van der Waals surface area contributed by atoms with Crippen LogP contribution in [0.3, 0.4) is 0 Å². The zero-order valence-electron chi connectivity index (χ0n) is 10.4. The first-order chi connectivity index (χ1) is 9.22. The van der Waals surface area contributed by atoms with Gasteiger partial charge in [-0.1, -0.05) is 0 Å². The summed E-state index contributed by atoms with van der Waals surface area (Å²) < 4.78 is 0. The van der Waals surface area contributed by atoms with Gasteiger partial charge in [-0.15, -0.1) is 6.42 Å². The Kier molecular flexibility index (Phi) is 5.99. The number of carboxylic acid groups (broad SMARTS) is 1. The number of carbonyl (C=O) groups is 1. The van der Waals surface area contributed by atoms with Gasteiger partial charge in [0.15, 0.2) is 0 Å². The average molecular weight is 260 g/mol. The van der Waals surface area contributed by atoms with Crippen molar-refractivity contribution in [2.24, 2.45) is 0 Å². The second-order valence-corrected chi connectivity index (χ2v) is 3.88. The molecule has 0 aliphatic heterocycles. The summed E-state index contributed by atoms with van der Waals surface area (Å²) in [6.45, 7) is 1.18. The van der Waals surface area contributed by atoms with Crippen molar-refractivity contribution in [2.75, 3.05) is 13.1 Å². The van der Waals surface area contributed by atoms with Crippen LogP contribution in [0.5, 0.6) is 5.75 Å². The van der Waals surface area contributed by atoms with Crippen molar-refractivity contribution in [1.29, 1.82) is 0 Å². The number of hydrogen-bond acceptors (Lipinski definition) is 3. The van der Waals surface area contributed by atoms with Gasteiger partial charge in [-0.25, -0.2) is 0 Å². The molecule has 4 N–H and O–H groups in total. The zero-order chi connectivity index (χ0) is 14.1. The molecular weight excluding hydrogens is 244 g/mol. The van der Waals surface area contributed by atoms with Gasteiger partial charge in [0.2, 0.25) is 0 Å². The summed E-state index contributed by atoms with van der Waals surface area (Å²) in [5, 5.41) is 20.9. The molecule has 0 aliphatic carbocycles. The quantitative estimate of drug-likeness (QED) is 0.373. The van der Waals surface area contributed by atoms with E-state index in [-0.39, 0.29) is 0 Å². The number of nitrogens with one attached hydrogen (secondary N) is 1. The largest absolute Gasteiger partial charge is 0.554 e. The maximum absolute atomic E-state index is 9.43. The summed E-state index contributed by atoms with van der Waals surface area (Å²) in [6, 6.07) is 5.37. The van der Waals surface area contributed by atoms with E-state index >= 15 is 0 Å². The minimum absolute atomic E-state index is 0.306. The van der Waals surface area contributed by atoms with E-state index < -0.39 is 6.47 Å². The topological polar surface area (TPSA) is 92.8 Å². The monoisotopic (exact) mass is 260 g/mol. The lowest BCUT2D eigenvalue weighted by Gasteiger charge is -1.98. The number of fused-ring (bicyclic) bond motifs is 1. The molecule has 0 aliphatic rings. The summed E-state index contributed by atoms with van der Waals surface area (Å²) in [5.41, 5.74) is 2.28. The lowest BCUT2D eigenvalue weighted by atomic mass is 10.1. The standard InChI is InChI=1S/C13H14N2O.CH2O2/c1-2-6-14-7-5-10-9-15-13-4-3-11(16)8-12(10)13;2-1-3/h1,3-4,8-9,14-16H,5-7H2;1H,(H,2,3). The Morgan fingerprint density at radius 3 is 2.95 bits per heavy atom. The van der Waals surface area contributed by atoms with Gasteiger partial charge in [0.25, 0.3) is 0 Å². The van der Waals surface area contributed by atoms with Crippen molar-refractivity contribution in [1.82, 2.24) is 4.98 Å². The normalized spacial score (nSPS) is 9.42. The highest BCUT2D eigenvalue weighted by Gasteiger charge is 2.04. The Morgan fingerprint density at radius 2 is 2.26 bits per heavy atom. The number of aromatic amines is 1. The van der Waals surface area contributed by atoms with Crippen molar-refractivity contribution in [3.8, 4) is 18.1 Å². The first-order valence-corrected chi connectivity index (χ1v) is 5.82. The van der Waals surface area contributed by atoms with Crippen molar-refractivity contribution in [3.05, 3.63) is 30.0 Å². The van der Waals surface area contributed by atoms with E-state index in [1.54, 1.807) is 12.1 Å². The number of terminal acetylenes is 1. The van der Waals surface area contributed by atoms with Crippen LogP contribution in [0.15, 0.2) is 24.4 Å². The van der Waals surface area contributed by atoms with E-state index in [0.29, 0.717) is 12.3 Å². The van der Waals surface area contributed by atoms with Crippen LogP contribution in [0.25, 0.3) is 10.9 Å². The Balaban J connectivity index is 0.000000550. The Morgan fingerprint density at radius 1 is 1.53 bits per heavy atom. The molecule has 1 aromatic heterocycles. The number of phenolic OH excluding ortho intramolecular Hbond substituents is 1. The fourth-order valence-electron chi connectivity index (χ4n) is 1.82. The van der Waals surface area contributed by atoms with Crippen LogP contribution >= 0.6 is 0 Å². The van der Waals surface area contributed by atoms with Crippen molar-refractivity contribution < 1.29 is 20.3 Å². The number of aromatic hydroxyl groups is 1. The maximum atomic E-state index is 9.43. The van der Waals surface area contributed by atoms with Gasteiger partial charge in [0.05, 0.1) is 6.54 Å². The molecule has 0 unspecified atom stereocenters. The van der Waals surface area contributed by atoms with E-state index in [9.17, 15) is 5.11 Å². The van der Waals surface area contributed by atoms with Gasteiger partial charge >= 0.3 is 0 Å². The number of aromatic nitrogens is 1. The first kappa shape index (κ1) is 14.6. The summed E-state index contributed by atoms with van der Waals surface area (Å²) in [7, 11) is 0. The lowest BCUT2D eigenvalue weighted by Crippen LogP contribution is -2.84. The van der Waals surface area contributed by atoms with Gasteiger partial charge in [-0.3, -0.25) is 0 Å². The number of H-pyrrole nitrogens is 1. The number of quaternary nitrogens is 1. The van der Waals surface area contributed by atoms with Gasteiger partial charge in [0, 0.05) is 30.0 Å². The average Bonchev–Trinajstić information content (AvgIpc) is 2.78. The SMILES string of the molecule is C#CC[NH2+]CCc1c[nH]c2ccc(O)cc12.O=C[O-]. The number of carbonyl (C=O) groups excluding carboxylic acids is 1. The van der Waals surface area contributed by atoms with Crippen LogP contribution in [0.4, 0.5) is 0 Å². The molecule has 1 aromatic carbocycles. The van der Waals surface area contributed by atoms with Crippen LogP contribution < -0.4 is 10.4 Å². The molecule has 0 spiro atoms. The molecule has 0 radical (unpaired) electrons. The summed E-state index contributed by atoms with van der Waals surface area (Å²) in [4.78, 5) is 11.4. The highest BCUT2D eigenvalue weighted by atomic mass is 16.3. The van der Waals surface area contributed by atoms with Crippen LogP contribution in [-0.2, 0) is 11.2 Å². The molecule has 0 atom stereocenters. The molecule has 0 saturated carbocycles. The number of benzene rings is 1. The molecule has 2 aromatic rings. The molecule has 2 rings (SSSR count). The third-order valence-corrected chi connectivity index (χ3v) is 2.63. The molecule has 19 heavy (non-hydrogen) atoms. The van der Waals surface area contributed by atoms with Crippen LogP contribution in [0.2, 0.25) is 0 Å². The number of rotatable bonds is 4. The van der Waals surface area contributed by atoms with E-state index in [1.807, 2.05) is 12.3 Å². The molecule has 0 fully saturated rings. The molecule has 0 bridgehead atoms. The molecule has 1 heterocycles. The second kappa shape index (κ2) is 7.80. The predicted molar refractivity (Wildman–Crippen MR) is 70.2 cm³/mol. The highest BCUT2D eigenvalue weighted by molar-refractivity contribution is 5.84. The maximum Gasteiger partial charge on any atom is 0.137 e. The molecule has 100 valence electrons. The minimum Gasteiger partial charge on any atom is -0.554 e. The van der Waals surface area contributed by atoms with Crippen molar-refractivity contribution in [2.45, 2.75) is 6.42 Å². The Labute approximate surface area is 111 Å². The van der Waals surface area contributed by atoms with Crippen LogP contribution in [0, 0.1) is 12.3 Å². The van der Waals surface area contributed by atoms with Gasteiger partial charge < -0.3 is 25.3 Å². The van der Waals surface area contributed by atoms with Crippen LogP contribution in [-0.4, -0.2) is 29.7 Å². The van der Waals surface area contributed by atoms with Gasteiger partial charge in [-0.05, 0) is 29.7 Å². The van der Waals surface area contributed by atoms with Crippen molar-refractivity contribution >= 4 is 17.4 Å². The second-order valence-electron chi connectivity index (χ2n) is 3.88. The number of phenols is 1. The lowest BCUT2D eigenvalue weighted by molar-refractivity contribution is -0.643. The number of nitrogens with two attached hydrogens (primary N) is 1. The molecular formula is C14H16N2O3.